The van der Waals surface area contributed by atoms with Gasteiger partial charge in [0.2, 0.25) is 0 Å². The molecular weight excluding hydrogens is 988 g/mol. The second kappa shape index (κ2) is 15.7. The van der Waals surface area contributed by atoms with Crippen molar-refractivity contribution in [1.82, 2.24) is 0 Å². The van der Waals surface area contributed by atoms with Crippen molar-refractivity contribution >= 4 is 90.5 Å². The van der Waals surface area contributed by atoms with Crippen LogP contribution in [0, 0.1) is 0 Å². The summed E-state index contributed by atoms with van der Waals surface area (Å²) < 4.78 is 7.92. The van der Waals surface area contributed by atoms with Crippen LogP contribution in [0.25, 0.3) is 65.6 Å². The normalized spacial score (nSPS) is 16.2. The van der Waals surface area contributed by atoms with Crippen molar-refractivity contribution in [2.24, 2.45) is 0 Å². The Morgan fingerprint density at radius 1 is 0.438 bits per heavy atom. The Hall–Kier alpha value is -7.86. The Balaban J connectivity index is 1.02. The molecule has 3 nitrogen and oxygen atoms in total. The minimum absolute atomic E-state index is 0.0102. The first-order valence-corrected chi connectivity index (χ1v) is 29.7. The highest BCUT2D eigenvalue weighted by Crippen LogP contribution is 2.68. The summed E-state index contributed by atoms with van der Waals surface area (Å²) in [5.41, 5.74) is 30.5. The zero-order chi connectivity index (χ0) is 54.9. The molecule has 390 valence electrons. The van der Waals surface area contributed by atoms with Gasteiger partial charge in [0.25, 0.3) is 6.71 Å². The molecule has 0 radical (unpaired) electrons. The van der Waals surface area contributed by atoms with E-state index >= 15 is 0 Å². The molecule has 11 aromatic rings. The van der Waals surface area contributed by atoms with Gasteiger partial charge in [-0.3, -0.25) is 0 Å². The van der Waals surface area contributed by atoms with Crippen molar-refractivity contribution in [3.8, 4) is 43.8 Å². The first kappa shape index (κ1) is 48.1. The van der Waals surface area contributed by atoms with Crippen LogP contribution < -0.4 is 26.4 Å². The van der Waals surface area contributed by atoms with Crippen LogP contribution in [0.2, 0.25) is 0 Å². The Bertz CT molecular complexity index is 4520. The number of hydrogen-bond donors (Lipinski definition) is 0. The number of nitrogens with zero attached hydrogens (tertiary/aromatic N) is 2. The van der Waals surface area contributed by atoms with Crippen LogP contribution in [0.15, 0.2) is 180 Å². The Kier molecular flexibility index (Phi) is 9.46. The molecule has 0 bridgehead atoms. The van der Waals surface area contributed by atoms with Crippen LogP contribution in [0.3, 0.4) is 0 Å². The first-order valence-electron chi connectivity index (χ1n) is 28.8. The lowest BCUT2D eigenvalue weighted by molar-refractivity contribution is 0.589. The van der Waals surface area contributed by atoms with E-state index in [-0.39, 0.29) is 28.4 Å². The number of furan rings is 1. The topological polar surface area (TPSA) is 19.6 Å². The predicted octanol–water partition coefficient (Wildman–Crippen LogP) is 18.9. The van der Waals surface area contributed by atoms with Crippen molar-refractivity contribution < 1.29 is 4.42 Å². The summed E-state index contributed by atoms with van der Waals surface area (Å²) in [6, 6.07) is 66.7. The van der Waals surface area contributed by atoms with E-state index < -0.39 is 5.41 Å². The fraction of sp³-hybridized carbons (Fsp3) is 0.227. The lowest BCUT2D eigenvalue weighted by Gasteiger charge is -2.44. The highest BCUT2D eigenvalue weighted by atomic mass is 32.1. The number of thiophene rings is 1. The summed E-state index contributed by atoms with van der Waals surface area (Å²) >= 11 is 1.87. The second-order valence-corrected chi connectivity index (χ2v) is 28.6. The maximum atomic E-state index is 7.92. The number of rotatable bonds is 2. The van der Waals surface area contributed by atoms with E-state index in [4.69, 9.17) is 4.42 Å². The summed E-state index contributed by atoms with van der Waals surface area (Å²) in [4.78, 5) is 6.51. The van der Waals surface area contributed by atoms with E-state index in [0.717, 1.165) is 33.7 Å². The van der Waals surface area contributed by atoms with Crippen molar-refractivity contribution in [3.05, 3.63) is 220 Å². The van der Waals surface area contributed by atoms with Crippen LogP contribution in [0.5, 0.6) is 0 Å². The van der Waals surface area contributed by atoms with E-state index in [9.17, 15) is 0 Å². The van der Waals surface area contributed by atoms with E-state index in [1.807, 2.05) is 11.3 Å². The molecule has 0 fully saturated rings. The SMILES string of the molecule is CC(C)(C)c1ccc(N2c3cc(C(C)(C)C)ccc3B3c4oc5cc6c(cc5c4N(c4ccc(C(C)(C)C)cc4)c4cc(C(C)(C)C)cc2c43)-c2ccccc2C62c3cccc4c3-c3c2ccc2cccc(c32)-c2ccsc2-4)cc1. The molecule has 16 rings (SSSR count). The zero-order valence-electron chi connectivity index (χ0n) is 48.0. The van der Waals surface area contributed by atoms with Gasteiger partial charge >= 0.3 is 0 Å². The standard InChI is InChI=1S/C75H65BN2OS/c1-71(2,3)43-24-29-47(30-25-43)77-60-37-45(73(7,8)9)28-34-59(60)76-67-61(77)38-46(74(10,11)12)39-62(67)78(48-31-26-44(27-32-48)72(4,5)6)68-54-40-53-49-18-13-14-21-55(49)75(58(53)41-63(54)79-70(68)76)56-22-16-20-52-65(56)66-57(75)33-23-42-17-15-19-50(64(42)66)51-35-36-80-69(51)52/h13-41H,1-12H3. The van der Waals surface area contributed by atoms with E-state index in [1.165, 1.54) is 127 Å². The molecule has 1 atom stereocenters. The quantitative estimate of drug-likeness (QED) is 0.161. The summed E-state index contributed by atoms with van der Waals surface area (Å²) in [7, 11) is 0. The van der Waals surface area contributed by atoms with Gasteiger partial charge in [-0.25, -0.2) is 0 Å². The van der Waals surface area contributed by atoms with Crippen molar-refractivity contribution in [2.45, 2.75) is 110 Å². The lowest BCUT2D eigenvalue weighted by atomic mass is 9.35. The smallest absolute Gasteiger partial charge is 0.297 e. The van der Waals surface area contributed by atoms with Crippen molar-refractivity contribution in [2.75, 3.05) is 9.80 Å². The molecule has 2 aromatic heterocycles. The first-order chi connectivity index (χ1) is 38.2. The van der Waals surface area contributed by atoms with Gasteiger partial charge in [-0.05, 0) is 182 Å². The van der Waals surface area contributed by atoms with Gasteiger partial charge in [-0.2, -0.15) is 0 Å². The molecule has 5 aliphatic rings. The maximum absolute atomic E-state index is 7.92. The van der Waals surface area contributed by atoms with Gasteiger partial charge in [0.1, 0.15) is 5.58 Å². The van der Waals surface area contributed by atoms with Gasteiger partial charge in [0, 0.05) is 49.8 Å². The third kappa shape index (κ3) is 6.28. The third-order valence-electron chi connectivity index (χ3n) is 18.9. The summed E-state index contributed by atoms with van der Waals surface area (Å²) in [5.74, 6) is 0. The summed E-state index contributed by atoms with van der Waals surface area (Å²) in [5, 5.41) is 6.05. The molecule has 0 amide bonds. The maximum Gasteiger partial charge on any atom is 0.297 e. The van der Waals surface area contributed by atoms with Crippen molar-refractivity contribution in [1.29, 1.82) is 0 Å². The number of benzene rings is 9. The van der Waals surface area contributed by atoms with Gasteiger partial charge in [-0.15, -0.1) is 11.3 Å². The molecule has 0 saturated carbocycles. The van der Waals surface area contributed by atoms with Crippen LogP contribution in [-0.2, 0) is 27.1 Å². The minimum atomic E-state index is -0.575. The number of fused-ring (bicyclic) bond motifs is 16. The van der Waals surface area contributed by atoms with E-state index in [2.05, 4.69) is 268 Å². The molecule has 0 saturated heterocycles. The van der Waals surface area contributed by atoms with Gasteiger partial charge in [0.15, 0.2) is 0 Å². The predicted molar refractivity (Wildman–Crippen MR) is 341 cm³/mol. The zero-order valence-corrected chi connectivity index (χ0v) is 48.8. The number of hydrogen-bond acceptors (Lipinski definition) is 4. The number of anilines is 6. The molecule has 1 spiro atoms. The van der Waals surface area contributed by atoms with Crippen LogP contribution in [0.1, 0.15) is 128 Å². The summed E-state index contributed by atoms with van der Waals surface area (Å²) in [6.07, 6.45) is 0. The Labute approximate surface area is 475 Å². The molecule has 3 aliphatic carbocycles. The highest BCUT2D eigenvalue weighted by Gasteiger charge is 2.55. The fourth-order valence-corrected chi connectivity index (χ4v) is 15.8. The van der Waals surface area contributed by atoms with Crippen molar-refractivity contribution in [3.63, 3.8) is 0 Å². The largest absolute Gasteiger partial charge is 0.468 e. The molecule has 2 aliphatic heterocycles. The molecular formula is C75H65BN2OS. The molecule has 80 heavy (non-hydrogen) atoms. The lowest BCUT2D eigenvalue weighted by Crippen LogP contribution is -2.61. The monoisotopic (exact) mass is 1050 g/mol. The third-order valence-corrected chi connectivity index (χ3v) is 19.9. The molecule has 4 heterocycles. The molecule has 9 aromatic carbocycles. The van der Waals surface area contributed by atoms with Gasteiger partial charge in [0.05, 0.1) is 16.8 Å². The fourth-order valence-electron chi connectivity index (χ4n) is 14.9. The van der Waals surface area contributed by atoms with Crippen LogP contribution in [-0.4, -0.2) is 6.71 Å². The van der Waals surface area contributed by atoms with Crippen LogP contribution >= 0.6 is 11.3 Å². The average molecular weight is 1050 g/mol. The Morgan fingerprint density at radius 3 is 1.73 bits per heavy atom. The van der Waals surface area contributed by atoms with Gasteiger partial charge in [-0.1, -0.05) is 192 Å². The van der Waals surface area contributed by atoms with Crippen LogP contribution in [0.4, 0.5) is 34.1 Å². The average Bonchev–Trinajstić information content (AvgIpc) is 4.39. The Morgan fingerprint density at radius 2 is 1.02 bits per heavy atom. The highest BCUT2D eigenvalue weighted by molar-refractivity contribution is 7.14. The van der Waals surface area contributed by atoms with Gasteiger partial charge < -0.3 is 14.2 Å². The molecule has 5 heteroatoms. The van der Waals surface area contributed by atoms with E-state index in [0.29, 0.717) is 0 Å². The molecule has 1 unspecified atom stereocenters. The second-order valence-electron chi connectivity index (χ2n) is 27.7. The molecule has 0 N–H and O–H groups in total. The minimum Gasteiger partial charge on any atom is -0.468 e. The summed E-state index contributed by atoms with van der Waals surface area (Å²) in [6.45, 7) is 27.8. The van der Waals surface area contributed by atoms with E-state index in [1.54, 1.807) is 0 Å².